The highest BCUT2D eigenvalue weighted by atomic mass is 16.6. The van der Waals surface area contributed by atoms with E-state index in [4.69, 9.17) is 9.47 Å². The zero-order valence-electron chi connectivity index (χ0n) is 20.8. The molecule has 0 bridgehead atoms. The maximum atomic E-state index is 12.2. The highest BCUT2D eigenvalue weighted by Crippen LogP contribution is 2.32. The van der Waals surface area contributed by atoms with E-state index in [0.717, 1.165) is 12.8 Å². The van der Waals surface area contributed by atoms with Crippen LogP contribution in [-0.4, -0.2) is 39.6 Å². The lowest BCUT2D eigenvalue weighted by molar-refractivity contribution is -0.0714. The van der Waals surface area contributed by atoms with E-state index in [1.54, 1.807) is 0 Å². The molecule has 0 saturated carbocycles. The van der Waals surface area contributed by atoms with Gasteiger partial charge in [-0.1, -0.05) is 97.3 Å². The van der Waals surface area contributed by atoms with Gasteiger partial charge in [0.1, 0.15) is 12.2 Å². The minimum absolute atomic E-state index is 0.393. The number of H-pyrrole nitrogens is 1. The summed E-state index contributed by atoms with van der Waals surface area (Å²) in [4.78, 5) is 25.8. The lowest BCUT2D eigenvalue weighted by atomic mass is 10.0. The van der Waals surface area contributed by atoms with E-state index in [2.05, 4.69) is 11.9 Å². The number of ether oxygens (including phenoxy) is 2. The molecule has 0 radical (unpaired) electrons. The summed E-state index contributed by atoms with van der Waals surface area (Å²) >= 11 is 0. The monoisotopic (exact) mass is 466 g/mol. The molecule has 0 aromatic carbocycles. The molecule has 7 heteroatoms. The van der Waals surface area contributed by atoms with Crippen LogP contribution >= 0.6 is 0 Å². The highest BCUT2D eigenvalue weighted by molar-refractivity contribution is 4.93. The van der Waals surface area contributed by atoms with Gasteiger partial charge < -0.3 is 14.6 Å². The second-order valence-corrected chi connectivity index (χ2v) is 9.41. The Morgan fingerprint density at radius 3 is 1.97 bits per heavy atom. The first-order valence-electron chi connectivity index (χ1n) is 13.3. The molecule has 2 N–H and O–H groups in total. The molecule has 0 aliphatic carbocycles. The molecule has 2 heterocycles. The van der Waals surface area contributed by atoms with E-state index in [0.29, 0.717) is 13.0 Å². The Labute approximate surface area is 198 Å². The molecule has 1 aliphatic rings. The van der Waals surface area contributed by atoms with E-state index in [1.165, 1.54) is 93.9 Å². The van der Waals surface area contributed by atoms with E-state index < -0.39 is 35.8 Å². The number of rotatable bonds is 18. The number of aromatic nitrogens is 2. The zero-order chi connectivity index (χ0) is 23.9. The smallest absolute Gasteiger partial charge is 0.330 e. The normalized spacial score (nSPS) is 22.8. The SMILES string of the molecule is CCCCCCCCCCCCCCCCOC1C(O)C(CC)O[C@H]1n1ccc(=O)[nH]c1=O. The van der Waals surface area contributed by atoms with Gasteiger partial charge in [-0.2, -0.15) is 0 Å². The van der Waals surface area contributed by atoms with Crippen LogP contribution in [0.5, 0.6) is 0 Å². The number of aliphatic hydroxyl groups is 1. The van der Waals surface area contributed by atoms with Crippen LogP contribution in [0.15, 0.2) is 21.9 Å². The summed E-state index contributed by atoms with van der Waals surface area (Å²) < 4.78 is 13.2. The Bertz CT molecular complexity index is 747. The van der Waals surface area contributed by atoms with Crippen LogP contribution in [0.4, 0.5) is 0 Å². The molecule has 33 heavy (non-hydrogen) atoms. The lowest BCUT2D eigenvalue weighted by Gasteiger charge is -2.22. The number of hydrogen-bond donors (Lipinski definition) is 2. The van der Waals surface area contributed by atoms with Crippen molar-refractivity contribution in [2.24, 2.45) is 0 Å². The van der Waals surface area contributed by atoms with Crippen molar-refractivity contribution in [3.63, 3.8) is 0 Å². The first-order valence-corrected chi connectivity index (χ1v) is 13.3. The second kappa shape index (κ2) is 16.2. The van der Waals surface area contributed by atoms with Gasteiger partial charge in [0.15, 0.2) is 6.23 Å². The van der Waals surface area contributed by atoms with Crippen molar-refractivity contribution in [2.45, 2.75) is 135 Å². The van der Waals surface area contributed by atoms with Crippen molar-refractivity contribution < 1.29 is 14.6 Å². The number of aliphatic hydroxyl groups excluding tert-OH is 1. The third kappa shape index (κ3) is 9.75. The van der Waals surface area contributed by atoms with Gasteiger partial charge >= 0.3 is 5.69 Å². The zero-order valence-corrected chi connectivity index (χ0v) is 20.8. The van der Waals surface area contributed by atoms with Crippen molar-refractivity contribution in [3.05, 3.63) is 33.1 Å². The third-order valence-corrected chi connectivity index (χ3v) is 6.65. The summed E-state index contributed by atoms with van der Waals surface area (Å²) in [6, 6.07) is 1.28. The average Bonchev–Trinajstić information content (AvgIpc) is 3.11. The predicted molar refractivity (Wildman–Crippen MR) is 132 cm³/mol. The largest absolute Gasteiger partial charge is 0.388 e. The molecule has 4 atom stereocenters. The Hall–Kier alpha value is -1.44. The van der Waals surface area contributed by atoms with Crippen LogP contribution in [0, 0.1) is 0 Å². The van der Waals surface area contributed by atoms with E-state index in [1.807, 2.05) is 6.92 Å². The fraction of sp³-hybridized carbons (Fsp3) is 0.846. The van der Waals surface area contributed by atoms with Crippen LogP contribution in [0.1, 0.15) is 116 Å². The van der Waals surface area contributed by atoms with Crippen LogP contribution < -0.4 is 11.2 Å². The van der Waals surface area contributed by atoms with Crippen LogP contribution in [0.3, 0.4) is 0 Å². The van der Waals surface area contributed by atoms with Crippen LogP contribution in [-0.2, 0) is 9.47 Å². The van der Waals surface area contributed by atoms with Crippen molar-refractivity contribution >= 4 is 0 Å². The molecule has 1 fully saturated rings. The summed E-state index contributed by atoms with van der Waals surface area (Å²) in [5, 5.41) is 10.6. The van der Waals surface area contributed by atoms with Crippen molar-refractivity contribution in [1.82, 2.24) is 9.55 Å². The van der Waals surface area contributed by atoms with Crippen molar-refractivity contribution in [2.75, 3.05) is 6.61 Å². The molecular weight excluding hydrogens is 420 g/mol. The average molecular weight is 467 g/mol. The molecule has 1 aliphatic heterocycles. The molecule has 1 aromatic rings. The standard InChI is InChI=1S/C26H46N2O5/c1-3-5-6-7-8-9-10-11-12-13-14-15-16-17-20-32-24-23(30)21(4-2)33-25(24)28-19-18-22(29)27-26(28)31/h18-19,21,23-25,30H,3-17,20H2,1-2H3,(H,27,29,31)/t21?,23?,24?,25-/m1/s1. The van der Waals surface area contributed by atoms with Gasteiger partial charge in [0.05, 0.1) is 6.10 Å². The quantitative estimate of drug-likeness (QED) is 0.295. The number of nitrogens with zero attached hydrogens (tertiary/aromatic N) is 1. The molecule has 3 unspecified atom stereocenters. The minimum atomic E-state index is -0.800. The Morgan fingerprint density at radius 2 is 1.45 bits per heavy atom. The van der Waals surface area contributed by atoms with Gasteiger partial charge in [0.25, 0.3) is 5.56 Å². The molecule has 0 amide bonds. The van der Waals surface area contributed by atoms with Gasteiger partial charge in [0, 0.05) is 18.9 Å². The van der Waals surface area contributed by atoms with Crippen LogP contribution in [0.2, 0.25) is 0 Å². The Kier molecular flexibility index (Phi) is 13.7. The number of aromatic amines is 1. The first-order chi connectivity index (χ1) is 16.1. The fourth-order valence-corrected chi connectivity index (χ4v) is 4.60. The molecule has 1 saturated heterocycles. The summed E-state index contributed by atoms with van der Waals surface area (Å²) in [6.45, 7) is 4.71. The van der Waals surface area contributed by atoms with E-state index >= 15 is 0 Å². The highest BCUT2D eigenvalue weighted by Gasteiger charge is 2.44. The van der Waals surface area contributed by atoms with E-state index in [9.17, 15) is 14.7 Å². The summed E-state index contributed by atoms with van der Waals surface area (Å²) in [5.74, 6) is 0. The molecule has 1 aromatic heterocycles. The van der Waals surface area contributed by atoms with Crippen LogP contribution in [0.25, 0.3) is 0 Å². The van der Waals surface area contributed by atoms with Crippen molar-refractivity contribution in [3.8, 4) is 0 Å². The number of unbranched alkanes of at least 4 members (excludes halogenated alkanes) is 13. The van der Waals surface area contributed by atoms with Gasteiger partial charge in [-0.15, -0.1) is 0 Å². The van der Waals surface area contributed by atoms with E-state index in [-0.39, 0.29) is 0 Å². The Balaban J connectivity index is 1.58. The van der Waals surface area contributed by atoms with Gasteiger partial charge in [-0.25, -0.2) is 4.79 Å². The minimum Gasteiger partial charge on any atom is -0.388 e. The Morgan fingerprint density at radius 1 is 0.909 bits per heavy atom. The molecule has 0 spiro atoms. The molecule has 2 rings (SSSR count). The fourth-order valence-electron chi connectivity index (χ4n) is 4.60. The number of nitrogens with one attached hydrogen (secondary N) is 1. The molecule has 190 valence electrons. The summed E-state index contributed by atoms with van der Waals surface area (Å²) in [5.41, 5.74) is -1.01. The van der Waals surface area contributed by atoms with Crippen molar-refractivity contribution in [1.29, 1.82) is 0 Å². The third-order valence-electron chi connectivity index (χ3n) is 6.65. The lowest BCUT2D eigenvalue weighted by Crippen LogP contribution is -2.39. The van der Waals surface area contributed by atoms with Gasteiger partial charge in [0.2, 0.25) is 0 Å². The van der Waals surface area contributed by atoms with Gasteiger partial charge in [-0.3, -0.25) is 14.3 Å². The topological polar surface area (TPSA) is 93.5 Å². The first kappa shape index (κ1) is 27.8. The maximum absolute atomic E-state index is 12.2. The second-order valence-electron chi connectivity index (χ2n) is 9.41. The number of hydrogen-bond acceptors (Lipinski definition) is 5. The predicted octanol–water partition coefficient (Wildman–Crippen LogP) is 5.07. The summed E-state index contributed by atoms with van der Waals surface area (Å²) in [6.07, 6.45) is 17.6. The maximum Gasteiger partial charge on any atom is 0.330 e. The van der Waals surface area contributed by atoms with Gasteiger partial charge in [-0.05, 0) is 12.8 Å². The molecule has 7 nitrogen and oxygen atoms in total. The summed E-state index contributed by atoms with van der Waals surface area (Å²) in [7, 11) is 0. The molecular formula is C26H46N2O5.